The molecule has 1 fully saturated rings. The van der Waals surface area contributed by atoms with Crippen LogP contribution in [-0.2, 0) is 4.79 Å². The highest BCUT2D eigenvalue weighted by Gasteiger charge is 2.24. The first kappa shape index (κ1) is 28.4. The van der Waals surface area contributed by atoms with Gasteiger partial charge in [-0.05, 0) is 71.2 Å². The molecule has 0 saturated heterocycles. The molecule has 1 aliphatic carbocycles. The van der Waals surface area contributed by atoms with Crippen LogP contribution >= 0.6 is 27.5 Å². The third kappa shape index (κ3) is 6.63. The standard InChI is InChI=1S/C29H25BrClN5O5/c30-23-14-18(15-25(36(39)40)27(23)41-17-26(37)33-21-12-10-20(31)11-13-21)16-32-35-28(19-6-2-1-3-7-19)34-24-9-5-4-8-22(24)29(35)38/h4-5,8-16,19H,1-3,6-7,17H2,(H,33,37). The van der Waals surface area contributed by atoms with Crippen LogP contribution in [0.5, 0.6) is 5.75 Å². The second-order valence-electron chi connectivity index (χ2n) is 9.64. The van der Waals surface area contributed by atoms with Gasteiger partial charge >= 0.3 is 5.69 Å². The third-order valence-electron chi connectivity index (χ3n) is 6.79. The van der Waals surface area contributed by atoms with Gasteiger partial charge in [-0.1, -0.05) is 43.0 Å². The molecule has 1 N–H and O–H groups in total. The van der Waals surface area contributed by atoms with Gasteiger partial charge < -0.3 is 10.1 Å². The van der Waals surface area contributed by atoms with Crippen LogP contribution < -0.4 is 15.6 Å². The van der Waals surface area contributed by atoms with E-state index in [4.69, 9.17) is 21.3 Å². The van der Waals surface area contributed by atoms with Crippen LogP contribution in [0, 0.1) is 10.1 Å². The lowest BCUT2D eigenvalue weighted by Gasteiger charge is -2.22. The molecule has 0 radical (unpaired) electrons. The molecule has 0 spiro atoms. The van der Waals surface area contributed by atoms with E-state index in [0.29, 0.717) is 33.0 Å². The maximum absolute atomic E-state index is 13.4. The summed E-state index contributed by atoms with van der Waals surface area (Å²) in [4.78, 5) is 41.9. The molecule has 0 bridgehead atoms. The lowest BCUT2D eigenvalue weighted by Crippen LogP contribution is -2.25. The molecule has 0 atom stereocenters. The number of nitro benzene ring substituents is 1. The highest BCUT2D eigenvalue weighted by atomic mass is 79.9. The molecule has 1 amide bonds. The molecule has 3 aromatic carbocycles. The van der Waals surface area contributed by atoms with Gasteiger partial charge in [0, 0.05) is 28.3 Å². The maximum atomic E-state index is 13.4. The molecule has 1 saturated carbocycles. The number of fused-ring (bicyclic) bond motifs is 1. The van der Waals surface area contributed by atoms with E-state index in [1.54, 1.807) is 42.5 Å². The number of carbonyl (C=O) groups is 1. The van der Waals surface area contributed by atoms with E-state index in [1.165, 1.54) is 17.0 Å². The Bertz CT molecular complexity index is 1700. The highest BCUT2D eigenvalue weighted by molar-refractivity contribution is 9.10. The van der Waals surface area contributed by atoms with Crippen molar-refractivity contribution in [2.75, 3.05) is 11.9 Å². The summed E-state index contributed by atoms with van der Waals surface area (Å²) >= 11 is 9.19. The number of anilines is 1. The van der Waals surface area contributed by atoms with Crippen molar-refractivity contribution in [1.82, 2.24) is 9.66 Å². The first-order valence-corrected chi connectivity index (χ1v) is 14.2. The van der Waals surface area contributed by atoms with Gasteiger partial charge in [0.1, 0.15) is 5.82 Å². The van der Waals surface area contributed by atoms with Crippen molar-refractivity contribution < 1.29 is 14.5 Å². The molecule has 5 rings (SSSR count). The number of ether oxygens (including phenoxy) is 1. The summed E-state index contributed by atoms with van der Waals surface area (Å²) in [5.41, 5.74) is 0.819. The molecule has 0 aliphatic heterocycles. The molecular weight excluding hydrogens is 614 g/mol. The Kier molecular flexibility index (Phi) is 8.75. The number of aromatic nitrogens is 2. The zero-order chi connectivity index (χ0) is 28.9. The van der Waals surface area contributed by atoms with Crippen LogP contribution in [0.4, 0.5) is 11.4 Å². The van der Waals surface area contributed by atoms with E-state index in [1.807, 2.05) is 12.1 Å². The number of hydrogen-bond donors (Lipinski definition) is 1. The van der Waals surface area contributed by atoms with Crippen LogP contribution in [0.1, 0.15) is 49.4 Å². The highest BCUT2D eigenvalue weighted by Crippen LogP contribution is 2.36. The Labute approximate surface area is 248 Å². The van der Waals surface area contributed by atoms with E-state index in [-0.39, 0.29) is 27.4 Å². The minimum absolute atomic E-state index is 0.0917. The topological polar surface area (TPSA) is 129 Å². The summed E-state index contributed by atoms with van der Waals surface area (Å²) < 4.78 is 7.10. The Hall–Kier alpha value is -4.09. The minimum Gasteiger partial charge on any atom is -0.476 e. The summed E-state index contributed by atoms with van der Waals surface area (Å²) in [7, 11) is 0. The third-order valence-corrected chi connectivity index (χ3v) is 7.63. The fourth-order valence-electron chi connectivity index (χ4n) is 4.82. The van der Waals surface area contributed by atoms with Crippen molar-refractivity contribution in [1.29, 1.82) is 0 Å². The number of benzene rings is 3. The summed E-state index contributed by atoms with van der Waals surface area (Å²) in [6.45, 7) is -0.460. The van der Waals surface area contributed by atoms with Crippen molar-refractivity contribution in [2.24, 2.45) is 5.10 Å². The Morgan fingerprint density at radius 3 is 2.63 bits per heavy atom. The lowest BCUT2D eigenvalue weighted by molar-refractivity contribution is -0.385. The number of hydrogen-bond acceptors (Lipinski definition) is 7. The molecule has 0 unspecified atom stereocenters. The minimum atomic E-state index is -0.605. The van der Waals surface area contributed by atoms with Crippen molar-refractivity contribution in [2.45, 2.75) is 38.0 Å². The molecule has 1 aliphatic rings. The number of nitrogens with one attached hydrogen (secondary N) is 1. The van der Waals surface area contributed by atoms with Gasteiger partial charge in [-0.15, -0.1) is 0 Å². The molecule has 1 heterocycles. The van der Waals surface area contributed by atoms with Gasteiger partial charge in [0.15, 0.2) is 6.61 Å². The van der Waals surface area contributed by atoms with Crippen molar-refractivity contribution >= 4 is 61.9 Å². The zero-order valence-electron chi connectivity index (χ0n) is 21.8. The largest absolute Gasteiger partial charge is 0.476 e. The van der Waals surface area contributed by atoms with Gasteiger partial charge in [0.25, 0.3) is 11.5 Å². The predicted molar refractivity (Wildman–Crippen MR) is 161 cm³/mol. The number of carbonyl (C=O) groups excluding carboxylic acids is 1. The molecule has 4 aromatic rings. The summed E-state index contributed by atoms with van der Waals surface area (Å²) in [6.07, 6.45) is 6.46. The van der Waals surface area contributed by atoms with Gasteiger partial charge in [-0.3, -0.25) is 19.7 Å². The first-order chi connectivity index (χ1) is 19.8. The van der Waals surface area contributed by atoms with E-state index < -0.39 is 17.4 Å². The monoisotopic (exact) mass is 637 g/mol. The van der Waals surface area contributed by atoms with E-state index in [9.17, 15) is 19.7 Å². The van der Waals surface area contributed by atoms with Crippen molar-refractivity contribution in [3.05, 3.63) is 102 Å². The molecular formula is C29H25BrClN5O5. The van der Waals surface area contributed by atoms with Gasteiger partial charge in [0.2, 0.25) is 5.75 Å². The van der Waals surface area contributed by atoms with Gasteiger partial charge in [0.05, 0.1) is 26.5 Å². The summed E-state index contributed by atoms with van der Waals surface area (Å²) in [5.74, 6) is 0.0716. The number of nitro groups is 1. The Morgan fingerprint density at radius 1 is 1.17 bits per heavy atom. The summed E-state index contributed by atoms with van der Waals surface area (Å²) in [6, 6.07) is 16.5. The average molecular weight is 639 g/mol. The molecule has 10 nitrogen and oxygen atoms in total. The second-order valence-corrected chi connectivity index (χ2v) is 10.9. The van der Waals surface area contributed by atoms with Crippen molar-refractivity contribution in [3.63, 3.8) is 0 Å². The van der Waals surface area contributed by atoms with Crippen molar-refractivity contribution in [3.8, 4) is 5.75 Å². The number of nitrogens with zero attached hydrogens (tertiary/aromatic N) is 4. The average Bonchev–Trinajstić information content (AvgIpc) is 2.97. The number of rotatable bonds is 8. The van der Waals surface area contributed by atoms with E-state index >= 15 is 0 Å². The Balaban J connectivity index is 1.42. The second kappa shape index (κ2) is 12.6. The maximum Gasteiger partial charge on any atom is 0.312 e. The normalized spacial score (nSPS) is 13.9. The SMILES string of the molecule is O=C(COc1c(Br)cc(C=Nn2c(C3CCCCC3)nc3ccccc3c2=O)cc1[N+](=O)[O-])Nc1ccc(Cl)cc1. The zero-order valence-corrected chi connectivity index (χ0v) is 24.1. The number of para-hydroxylation sites is 1. The molecule has 210 valence electrons. The van der Waals surface area contributed by atoms with Crippen LogP contribution in [0.3, 0.4) is 0 Å². The van der Waals surface area contributed by atoms with Crippen LogP contribution in [-0.4, -0.2) is 33.3 Å². The van der Waals surface area contributed by atoms with Crippen LogP contribution in [0.25, 0.3) is 10.9 Å². The molecule has 41 heavy (non-hydrogen) atoms. The van der Waals surface area contributed by atoms with Crippen LogP contribution in [0.2, 0.25) is 5.02 Å². The van der Waals surface area contributed by atoms with E-state index in [0.717, 1.165) is 32.1 Å². The quantitative estimate of drug-likeness (QED) is 0.130. The van der Waals surface area contributed by atoms with Crippen LogP contribution in [0.15, 0.2) is 75.0 Å². The number of halogens is 2. The fourth-order valence-corrected chi connectivity index (χ4v) is 5.53. The fraction of sp³-hybridized carbons (Fsp3) is 0.241. The van der Waals surface area contributed by atoms with E-state index in [2.05, 4.69) is 26.3 Å². The smallest absolute Gasteiger partial charge is 0.312 e. The first-order valence-electron chi connectivity index (χ1n) is 13.0. The predicted octanol–water partition coefficient (Wildman–Crippen LogP) is 6.67. The van der Waals surface area contributed by atoms with Gasteiger partial charge in [-0.2, -0.15) is 9.78 Å². The Morgan fingerprint density at radius 2 is 1.90 bits per heavy atom. The lowest BCUT2D eigenvalue weighted by atomic mass is 9.88. The molecule has 12 heteroatoms. The molecule has 1 aromatic heterocycles. The van der Waals surface area contributed by atoms with Gasteiger partial charge in [-0.25, -0.2) is 4.98 Å². The number of amides is 1. The summed E-state index contributed by atoms with van der Waals surface area (Å²) in [5, 5.41) is 20.0.